The van der Waals surface area contributed by atoms with Gasteiger partial charge in [-0.3, -0.25) is 4.57 Å². The number of rotatable bonds is 7. The van der Waals surface area contributed by atoms with Crippen LogP contribution in [0.15, 0.2) is 24.8 Å². The molecule has 2 aliphatic rings. The highest BCUT2D eigenvalue weighted by atomic mass is 16.6. The number of hydrogen-bond donors (Lipinski definition) is 5. The maximum Gasteiger partial charge on any atom is 0.328 e. The molecule has 3 aromatic rings. The Morgan fingerprint density at radius 3 is 2.74 bits per heavy atom. The lowest BCUT2D eigenvalue weighted by atomic mass is 10.1. The number of fused-ring (bicyclic) bond motifs is 1. The monoisotopic (exact) mass is 471 g/mol. The van der Waals surface area contributed by atoms with Gasteiger partial charge in [-0.25, -0.2) is 14.5 Å². The zero-order valence-corrected chi connectivity index (χ0v) is 18.1. The SMILES string of the molecule is O=C(O)C=Cc1cnn(-c2nc(NC3CCCC3)c3ncn([C@@H]4O[C@H](CO)[C@@H](O)[C@H]4O)c3n2)c1. The highest BCUT2D eigenvalue weighted by molar-refractivity contribution is 5.85. The van der Waals surface area contributed by atoms with Crippen molar-refractivity contribution in [2.45, 2.75) is 56.3 Å². The van der Waals surface area contributed by atoms with Crippen LogP contribution in [-0.2, 0) is 9.53 Å². The number of imidazole rings is 1. The molecule has 180 valence electrons. The van der Waals surface area contributed by atoms with E-state index in [-0.39, 0.29) is 12.0 Å². The third-order valence-corrected chi connectivity index (χ3v) is 6.12. The summed E-state index contributed by atoms with van der Waals surface area (Å²) in [5, 5.41) is 46.7. The molecular formula is C21H25N7O6. The van der Waals surface area contributed by atoms with E-state index in [1.807, 2.05) is 0 Å². The van der Waals surface area contributed by atoms with Crippen LogP contribution in [0.5, 0.6) is 0 Å². The molecule has 0 unspecified atom stereocenters. The van der Waals surface area contributed by atoms with Crippen molar-refractivity contribution < 1.29 is 30.0 Å². The molecule has 3 aromatic heterocycles. The van der Waals surface area contributed by atoms with Gasteiger partial charge < -0.3 is 30.5 Å². The van der Waals surface area contributed by atoms with Crippen LogP contribution in [0.3, 0.4) is 0 Å². The van der Waals surface area contributed by atoms with Crippen LogP contribution in [0.4, 0.5) is 5.82 Å². The summed E-state index contributed by atoms with van der Waals surface area (Å²) in [6, 6.07) is 0.233. The molecule has 13 nitrogen and oxygen atoms in total. The number of nitrogens with one attached hydrogen (secondary N) is 1. The molecular weight excluding hydrogens is 446 g/mol. The first-order valence-electron chi connectivity index (χ1n) is 11.0. The quantitative estimate of drug-likeness (QED) is 0.294. The largest absolute Gasteiger partial charge is 0.478 e. The molecule has 1 aliphatic carbocycles. The molecule has 1 saturated heterocycles. The van der Waals surface area contributed by atoms with Crippen molar-refractivity contribution in [1.82, 2.24) is 29.3 Å². The molecule has 0 spiro atoms. The van der Waals surface area contributed by atoms with Crippen molar-refractivity contribution in [3.63, 3.8) is 0 Å². The first kappa shape index (κ1) is 22.4. The third-order valence-electron chi connectivity index (χ3n) is 6.12. The maximum atomic E-state index is 10.8. The zero-order chi connectivity index (χ0) is 23.8. The van der Waals surface area contributed by atoms with Crippen molar-refractivity contribution in [1.29, 1.82) is 0 Å². The van der Waals surface area contributed by atoms with Crippen LogP contribution in [0.2, 0.25) is 0 Å². The van der Waals surface area contributed by atoms with Gasteiger partial charge in [-0.1, -0.05) is 12.8 Å². The Bertz CT molecular complexity index is 1220. The first-order chi connectivity index (χ1) is 16.4. The Labute approximate surface area is 193 Å². The van der Waals surface area contributed by atoms with Crippen LogP contribution in [0, 0.1) is 0 Å². The molecule has 4 atom stereocenters. The van der Waals surface area contributed by atoms with Gasteiger partial charge in [0.1, 0.15) is 18.3 Å². The van der Waals surface area contributed by atoms with Gasteiger partial charge >= 0.3 is 5.97 Å². The molecule has 34 heavy (non-hydrogen) atoms. The number of ether oxygens (including phenoxy) is 1. The number of anilines is 1. The number of aromatic nitrogens is 6. The summed E-state index contributed by atoms with van der Waals surface area (Å²) >= 11 is 0. The highest BCUT2D eigenvalue weighted by Gasteiger charge is 2.44. The average molecular weight is 471 g/mol. The molecule has 4 heterocycles. The average Bonchev–Trinajstić information content (AvgIpc) is 3.61. The Balaban J connectivity index is 1.57. The van der Waals surface area contributed by atoms with E-state index in [9.17, 15) is 20.1 Å². The summed E-state index contributed by atoms with van der Waals surface area (Å²) in [5.74, 6) is -0.372. The molecule has 0 radical (unpaired) electrons. The number of carbonyl (C=O) groups is 1. The Kier molecular flexibility index (Phi) is 6.00. The van der Waals surface area contributed by atoms with E-state index in [1.54, 1.807) is 6.20 Å². The van der Waals surface area contributed by atoms with E-state index >= 15 is 0 Å². The van der Waals surface area contributed by atoms with Gasteiger partial charge in [-0.15, -0.1) is 0 Å². The fourth-order valence-corrected chi connectivity index (χ4v) is 4.37. The Hall–Kier alpha value is -3.39. The van der Waals surface area contributed by atoms with Crippen molar-refractivity contribution in [2.24, 2.45) is 0 Å². The molecule has 5 rings (SSSR count). The van der Waals surface area contributed by atoms with Gasteiger partial charge in [-0.05, 0) is 18.9 Å². The summed E-state index contributed by atoms with van der Waals surface area (Å²) in [7, 11) is 0. The predicted octanol–water partition coefficient (Wildman–Crippen LogP) is 0.0758. The molecule has 2 fully saturated rings. The maximum absolute atomic E-state index is 10.8. The summed E-state index contributed by atoms with van der Waals surface area (Å²) in [6.07, 6.45) is 6.68. The first-order valence-corrected chi connectivity index (χ1v) is 11.0. The number of aliphatic carboxylic acids is 1. The zero-order valence-electron chi connectivity index (χ0n) is 18.1. The van der Waals surface area contributed by atoms with Gasteiger partial charge in [0.05, 0.1) is 19.1 Å². The number of aliphatic hydroxyl groups is 3. The lowest BCUT2D eigenvalue weighted by Crippen LogP contribution is -2.33. The Morgan fingerprint density at radius 1 is 1.24 bits per heavy atom. The molecule has 13 heteroatoms. The van der Waals surface area contributed by atoms with Crippen LogP contribution in [0.25, 0.3) is 23.2 Å². The predicted molar refractivity (Wildman–Crippen MR) is 118 cm³/mol. The number of nitrogens with zero attached hydrogens (tertiary/aromatic N) is 6. The molecule has 0 amide bonds. The number of aliphatic hydroxyl groups excluding tert-OH is 3. The van der Waals surface area contributed by atoms with Crippen molar-refractivity contribution in [3.05, 3.63) is 30.4 Å². The minimum atomic E-state index is -1.29. The second-order valence-corrected chi connectivity index (χ2v) is 8.44. The molecule has 0 bridgehead atoms. The van der Waals surface area contributed by atoms with E-state index in [0.717, 1.165) is 31.8 Å². The fourth-order valence-electron chi connectivity index (χ4n) is 4.37. The van der Waals surface area contributed by atoms with Gasteiger partial charge in [0.25, 0.3) is 5.95 Å². The number of hydrogen-bond acceptors (Lipinski definition) is 10. The molecule has 0 aromatic carbocycles. The number of carboxylic acid groups (broad SMARTS) is 1. The lowest BCUT2D eigenvalue weighted by Gasteiger charge is -2.18. The fraction of sp³-hybridized carbons (Fsp3) is 0.476. The summed E-state index contributed by atoms with van der Waals surface area (Å²) in [6.45, 7) is -0.448. The van der Waals surface area contributed by atoms with E-state index in [2.05, 4.69) is 25.4 Å². The summed E-state index contributed by atoms with van der Waals surface area (Å²) < 4.78 is 8.58. The van der Waals surface area contributed by atoms with Gasteiger partial charge in [0, 0.05) is 23.9 Å². The number of carboxylic acids is 1. The second-order valence-electron chi connectivity index (χ2n) is 8.44. The molecule has 1 saturated carbocycles. The lowest BCUT2D eigenvalue weighted by molar-refractivity contribution is -0.131. The minimum Gasteiger partial charge on any atom is -0.478 e. The van der Waals surface area contributed by atoms with Crippen LogP contribution in [-0.4, -0.2) is 86.7 Å². The van der Waals surface area contributed by atoms with Crippen LogP contribution < -0.4 is 5.32 Å². The van der Waals surface area contributed by atoms with Crippen molar-refractivity contribution in [2.75, 3.05) is 11.9 Å². The second kappa shape index (κ2) is 9.10. The van der Waals surface area contributed by atoms with Crippen molar-refractivity contribution >= 4 is 29.0 Å². The van der Waals surface area contributed by atoms with Crippen LogP contribution >= 0.6 is 0 Å². The van der Waals surface area contributed by atoms with Gasteiger partial charge in [0.2, 0.25) is 0 Å². The topological polar surface area (TPSA) is 181 Å². The van der Waals surface area contributed by atoms with E-state index in [4.69, 9.17) is 9.84 Å². The van der Waals surface area contributed by atoms with E-state index in [0.29, 0.717) is 22.5 Å². The van der Waals surface area contributed by atoms with Gasteiger partial charge in [0.15, 0.2) is 23.2 Å². The smallest absolute Gasteiger partial charge is 0.328 e. The standard InChI is InChI=1S/C21H25N7O6/c29-9-13-16(32)17(33)20(34-13)27-10-22-15-18(24-12-3-1-2-4-12)25-21(26-19(15)27)28-8-11(7-23-28)5-6-14(30)31/h5-8,10,12-13,16-17,20,29,32-33H,1-4,9H2,(H,30,31)(H,24,25,26)/t13-,16-,17-,20-/m1/s1. The highest BCUT2D eigenvalue weighted by Crippen LogP contribution is 2.33. The van der Waals surface area contributed by atoms with Gasteiger partial charge in [-0.2, -0.15) is 15.1 Å². The van der Waals surface area contributed by atoms with Crippen molar-refractivity contribution in [3.8, 4) is 5.95 Å². The summed E-state index contributed by atoms with van der Waals surface area (Å²) in [4.78, 5) is 24.4. The summed E-state index contributed by atoms with van der Waals surface area (Å²) in [5.41, 5.74) is 1.36. The van der Waals surface area contributed by atoms with E-state index < -0.39 is 37.1 Å². The normalized spacial score (nSPS) is 25.6. The Morgan fingerprint density at radius 2 is 2.03 bits per heavy atom. The molecule has 5 N–H and O–H groups in total. The molecule has 1 aliphatic heterocycles. The van der Waals surface area contributed by atoms with Crippen LogP contribution in [0.1, 0.15) is 37.5 Å². The third kappa shape index (κ3) is 4.14. The minimum absolute atomic E-state index is 0.205. The van der Waals surface area contributed by atoms with E-state index in [1.165, 1.54) is 27.8 Å².